The third kappa shape index (κ3) is 3.70. The molecule has 0 aromatic rings. The van der Waals surface area contributed by atoms with Crippen LogP contribution in [0.1, 0.15) is 45.4 Å². The Balaban J connectivity index is 1.65. The minimum absolute atomic E-state index is 0.414. The number of nitrogens with one attached hydrogen (secondary N) is 1. The van der Waals surface area contributed by atoms with E-state index in [0.717, 1.165) is 38.5 Å². The average Bonchev–Trinajstić information content (AvgIpc) is 2.31. The number of likely N-dealkylation sites (tertiary alicyclic amines) is 1. The number of carbonyl (C=O) groups is 1. The molecule has 2 aliphatic rings. The Labute approximate surface area is 105 Å². The molecule has 3 heteroatoms. The maximum absolute atomic E-state index is 12.0. The highest BCUT2D eigenvalue weighted by Gasteiger charge is 2.26. The van der Waals surface area contributed by atoms with Crippen LogP contribution in [0.2, 0.25) is 0 Å². The monoisotopic (exact) mass is 238 g/mol. The molecule has 1 aliphatic heterocycles. The van der Waals surface area contributed by atoms with Gasteiger partial charge >= 0.3 is 0 Å². The molecular weight excluding hydrogens is 212 g/mol. The number of hydrogen-bond donors (Lipinski definition) is 1. The van der Waals surface area contributed by atoms with Crippen molar-refractivity contribution in [1.82, 2.24) is 10.2 Å². The summed E-state index contributed by atoms with van der Waals surface area (Å²) in [5.74, 6) is 1.90. The van der Waals surface area contributed by atoms with Crippen molar-refractivity contribution in [3.8, 4) is 0 Å². The molecule has 98 valence electrons. The SMILES string of the molecule is CCNCC1CCN(C(=O)CC2CCC2)CC1. The van der Waals surface area contributed by atoms with Gasteiger partial charge in [0.2, 0.25) is 5.91 Å². The molecule has 1 heterocycles. The maximum Gasteiger partial charge on any atom is 0.222 e. The first-order chi connectivity index (χ1) is 8.29. The molecule has 0 bridgehead atoms. The molecule has 17 heavy (non-hydrogen) atoms. The van der Waals surface area contributed by atoms with Crippen molar-refractivity contribution < 1.29 is 4.79 Å². The molecule has 3 nitrogen and oxygen atoms in total. The van der Waals surface area contributed by atoms with Gasteiger partial charge in [-0.15, -0.1) is 0 Å². The van der Waals surface area contributed by atoms with Gasteiger partial charge in [0.25, 0.3) is 0 Å². The van der Waals surface area contributed by atoms with Crippen molar-refractivity contribution in [1.29, 1.82) is 0 Å². The zero-order chi connectivity index (χ0) is 12.1. The highest BCUT2D eigenvalue weighted by atomic mass is 16.2. The summed E-state index contributed by atoms with van der Waals surface area (Å²) in [5.41, 5.74) is 0. The standard InChI is InChI=1S/C14H26N2O/c1-2-15-11-13-6-8-16(9-7-13)14(17)10-12-4-3-5-12/h12-13,15H,2-11H2,1H3. The fraction of sp³-hybridized carbons (Fsp3) is 0.929. The Hall–Kier alpha value is -0.570. The predicted molar refractivity (Wildman–Crippen MR) is 69.8 cm³/mol. The Bertz CT molecular complexity index is 243. The lowest BCUT2D eigenvalue weighted by molar-refractivity contribution is -0.134. The zero-order valence-electron chi connectivity index (χ0n) is 11.1. The first-order valence-corrected chi connectivity index (χ1v) is 7.28. The summed E-state index contributed by atoms with van der Waals surface area (Å²) < 4.78 is 0. The molecule has 0 radical (unpaired) electrons. The summed E-state index contributed by atoms with van der Waals surface area (Å²) in [4.78, 5) is 14.1. The largest absolute Gasteiger partial charge is 0.343 e. The van der Waals surface area contributed by atoms with Crippen molar-refractivity contribution in [2.24, 2.45) is 11.8 Å². The Morgan fingerprint density at radius 3 is 2.41 bits per heavy atom. The van der Waals surface area contributed by atoms with E-state index < -0.39 is 0 Å². The molecule has 0 aromatic heterocycles. The van der Waals surface area contributed by atoms with Gasteiger partial charge in [-0.2, -0.15) is 0 Å². The summed E-state index contributed by atoms with van der Waals surface area (Å²) in [5, 5.41) is 3.41. The van der Waals surface area contributed by atoms with Crippen LogP contribution < -0.4 is 5.32 Å². The van der Waals surface area contributed by atoms with Crippen LogP contribution in [0.4, 0.5) is 0 Å². The number of piperidine rings is 1. The van der Waals surface area contributed by atoms with Crippen molar-refractivity contribution in [2.45, 2.75) is 45.4 Å². The predicted octanol–water partition coefficient (Wildman–Crippen LogP) is 2.02. The van der Waals surface area contributed by atoms with Gasteiger partial charge < -0.3 is 10.2 Å². The van der Waals surface area contributed by atoms with E-state index in [1.165, 1.54) is 32.1 Å². The topological polar surface area (TPSA) is 32.3 Å². The van der Waals surface area contributed by atoms with Crippen molar-refractivity contribution in [2.75, 3.05) is 26.2 Å². The molecule has 1 saturated carbocycles. The number of nitrogens with zero attached hydrogens (tertiary/aromatic N) is 1. The Kier molecular flexibility index (Phi) is 4.84. The van der Waals surface area contributed by atoms with E-state index in [1.54, 1.807) is 0 Å². The molecule has 1 N–H and O–H groups in total. The smallest absolute Gasteiger partial charge is 0.222 e. The second kappa shape index (κ2) is 6.39. The summed E-state index contributed by atoms with van der Waals surface area (Å²) in [7, 11) is 0. The van der Waals surface area contributed by atoms with Gasteiger partial charge in [-0.3, -0.25) is 4.79 Å². The van der Waals surface area contributed by atoms with Gasteiger partial charge in [-0.25, -0.2) is 0 Å². The summed E-state index contributed by atoms with van der Waals surface area (Å²) in [6.45, 7) is 6.31. The van der Waals surface area contributed by atoms with Gasteiger partial charge in [-0.05, 0) is 50.6 Å². The maximum atomic E-state index is 12.0. The van der Waals surface area contributed by atoms with Gasteiger partial charge in [0.05, 0.1) is 0 Å². The van der Waals surface area contributed by atoms with Gasteiger partial charge in [0.15, 0.2) is 0 Å². The molecule has 0 spiro atoms. The van der Waals surface area contributed by atoms with Crippen molar-refractivity contribution >= 4 is 5.91 Å². The second-order valence-electron chi connectivity index (χ2n) is 5.63. The molecule has 2 fully saturated rings. The van der Waals surface area contributed by atoms with Crippen LogP contribution in [0.15, 0.2) is 0 Å². The Morgan fingerprint density at radius 2 is 1.88 bits per heavy atom. The van der Waals surface area contributed by atoms with Crippen LogP contribution in [0.25, 0.3) is 0 Å². The number of carbonyl (C=O) groups excluding carboxylic acids is 1. The minimum atomic E-state index is 0.414. The highest BCUT2D eigenvalue weighted by Crippen LogP contribution is 2.30. The number of hydrogen-bond acceptors (Lipinski definition) is 2. The lowest BCUT2D eigenvalue weighted by atomic mass is 9.82. The van der Waals surface area contributed by atoms with E-state index in [9.17, 15) is 4.79 Å². The summed E-state index contributed by atoms with van der Waals surface area (Å²) >= 11 is 0. The van der Waals surface area contributed by atoms with E-state index in [4.69, 9.17) is 0 Å². The first kappa shape index (κ1) is 12.9. The van der Waals surface area contributed by atoms with E-state index >= 15 is 0 Å². The fourth-order valence-corrected chi connectivity index (χ4v) is 2.81. The van der Waals surface area contributed by atoms with Crippen LogP contribution in [0, 0.1) is 11.8 Å². The summed E-state index contributed by atoms with van der Waals surface area (Å²) in [6.07, 6.45) is 7.08. The van der Waals surface area contributed by atoms with Gasteiger partial charge in [0, 0.05) is 19.5 Å². The van der Waals surface area contributed by atoms with Crippen LogP contribution in [0.5, 0.6) is 0 Å². The first-order valence-electron chi connectivity index (χ1n) is 7.28. The average molecular weight is 238 g/mol. The van der Waals surface area contributed by atoms with E-state index in [-0.39, 0.29) is 0 Å². The van der Waals surface area contributed by atoms with Crippen molar-refractivity contribution in [3.05, 3.63) is 0 Å². The van der Waals surface area contributed by atoms with E-state index in [0.29, 0.717) is 11.8 Å². The van der Waals surface area contributed by atoms with Gasteiger partial charge in [-0.1, -0.05) is 13.3 Å². The molecule has 1 amide bonds. The van der Waals surface area contributed by atoms with Crippen LogP contribution >= 0.6 is 0 Å². The minimum Gasteiger partial charge on any atom is -0.343 e. The van der Waals surface area contributed by atoms with Gasteiger partial charge in [0.1, 0.15) is 0 Å². The summed E-state index contributed by atoms with van der Waals surface area (Å²) in [6, 6.07) is 0. The quantitative estimate of drug-likeness (QED) is 0.795. The van der Waals surface area contributed by atoms with Crippen molar-refractivity contribution in [3.63, 3.8) is 0 Å². The molecule has 1 saturated heterocycles. The van der Waals surface area contributed by atoms with E-state index in [2.05, 4.69) is 17.1 Å². The lowest BCUT2D eigenvalue weighted by Gasteiger charge is -2.34. The van der Waals surface area contributed by atoms with E-state index in [1.807, 2.05) is 0 Å². The number of amides is 1. The third-order valence-electron chi connectivity index (χ3n) is 4.34. The normalized spacial score (nSPS) is 22.5. The molecular formula is C14H26N2O. The fourth-order valence-electron chi connectivity index (χ4n) is 2.81. The third-order valence-corrected chi connectivity index (χ3v) is 4.34. The zero-order valence-corrected chi connectivity index (χ0v) is 11.1. The van der Waals surface area contributed by atoms with Crippen LogP contribution in [0.3, 0.4) is 0 Å². The lowest BCUT2D eigenvalue weighted by Crippen LogP contribution is -2.41. The second-order valence-corrected chi connectivity index (χ2v) is 5.63. The molecule has 0 aromatic carbocycles. The number of rotatable bonds is 5. The molecule has 2 rings (SSSR count). The molecule has 1 aliphatic carbocycles. The van der Waals surface area contributed by atoms with Crippen LogP contribution in [-0.4, -0.2) is 37.0 Å². The highest BCUT2D eigenvalue weighted by molar-refractivity contribution is 5.76. The molecule has 0 atom stereocenters. The van der Waals surface area contributed by atoms with Crippen LogP contribution in [-0.2, 0) is 4.79 Å². The molecule has 0 unspecified atom stereocenters. The Morgan fingerprint density at radius 1 is 1.18 bits per heavy atom.